The molecule has 1 aliphatic heterocycles. The van der Waals surface area contributed by atoms with Crippen molar-refractivity contribution in [2.45, 2.75) is 32.7 Å². The molecule has 0 saturated carbocycles. The van der Waals surface area contributed by atoms with Gasteiger partial charge in [0.25, 0.3) is 0 Å². The van der Waals surface area contributed by atoms with Gasteiger partial charge in [-0.2, -0.15) is 0 Å². The zero-order chi connectivity index (χ0) is 14.5. The van der Waals surface area contributed by atoms with Crippen LogP contribution >= 0.6 is 0 Å². The largest absolute Gasteiger partial charge is 0.493 e. The van der Waals surface area contributed by atoms with Crippen molar-refractivity contribution < 1.29 is 9.53 Å². The average molecular weight is 276 g/mol. The van der Waals surface area contributed by atoms with Crippen LogP contribution in [0.2, 0.25) is 0 Å². The highest BCUT2D eigenvalue weighted by Gasteiger charge is 2.25. The third kappa shape index (κ3) is 3.97. The normalized spacial score (nSPS) is 22.6. The number of rotatable bonds is 4. The summed E-state index contributed by atoms with van der Waals surface area (Å²) in [5, 5.41) is 0. The fourth-order valence-corrected chi connectivity index (χ4v) is 2.51. The summed E-state index contributed by atoms with van der Waals surface area (Å²) < 4.78 is 5.62. The lowest BCUT2D eigenvalue weighted by molar-refractivity contribution is -0.133. The van der Waals surface area contributed by atoms with E-state index in [1.807, 2.05) is 36.1 Å². The summed E-state index contributed by atoms with van der Waals surface area (Å²) in [6.07, 6.45) is 1.32. The summed E-state index contributed by atoms with van der Waals surface area (Å²) in [6.45, 7) is 6.10. The molecule has 0 bridgehead atoms. The Hall–Kier alpha value is -1.55. The molecule has 1 aliphatic rings. The number of hydrogen-bond donors (Lipinski definition) is 1. The molecule has 2 rings (SSSR count). The molecule has 2 atom stereocenters. The predicted octanol–water partition coefficient (Wildman–Crippen LogP) is 1.96. The molecule has 4 heteroatoms. The number of amides is 1. The fourth-order valence-electron chi connectivity index (χ4n) is 2.51. The molecule has 0 aliphatic carbocycles. The first-order valence-corrected chi connectivity index (χ1v) is 7.29. The number of aryl methyl sites for hydroxylation is 1. The average Bonchev–Trinajstić information content (AvgIpc) is 2.42. The summed E-state index contributed by atoms with van der Waals surface area (Å²) in [6, 6.07) is 8.10. The number of carbonyl (C=O) groups is 1. The van der Waals surface area contributed by atoms with Gasteiger partial charge in [0.15, 0.2) is 0 Å². The third-order valence-corrected chi connectivity index (χ3v) is 3.90. The minimum atomic E-state index is 0.163. The molecule has 1 heterocycles. The highest BCUT2D eigenvalue weighted by atomic mass is 16.5. The maximum atomic E-state index is 12.1. The van der Waals surface area contributed by atoms with Crippen molar-refractivity contribution in [1.82, 2.24) is 4.90 Å². The van der Waals surface area contributed by atoms with E-state index in [9.17, 15) is 4.79 Å². The zero-order valence-corrected chi connectivity index (χ0v) is 12.3. The van der Waals surface area contributed by atoms with Gasteiger partial charge in [-0.3, -0.25) is 4.79 Å². The van der Waals surface area contributed by atoms with Gasteiger partial charge in [0.1, 0.15) is 5.75 Å². The second-order valence-electron chi connectivity index (χ2n) is 5.68. The monoisotopic (exact) mass is 276 g/mol. The van der Waals surface area contributed by atoms with Gasteiger partial charge in [0.05, 0.1) is 13.0 Å². The Labute approximate surface area is 120 Å². The lowest BCUT2D eigenvalue weighted by atomic mass is 9.95. The molecule has 1 amide bonds. The molecule has 0 radical (unpaired) electrons. The van der Waals surface area contributed by atoms with E-state index in [4.69, 9.17) is 10.5 Å². The summed E-state index contributed by atoms with van der Waals surface area (Å²) >= 11 is 0. The van der Waals surface area contributed by atoms with Crippen LogP contribution in [0.1, 0.15) is 25.3 Å². The number of nitrogens with zero attached hydrogens (tertiary/aromatic N) is 1. The molecule has 110 valence electrons. The van der Waals surface area contributed by atoms with Crippen LogP contribution in [0.15, 0.2) is 24.3 Å². The topological polar surface area (TPSA) is 55.6 Å². The summed E-state index contributed by atoms with van der Waals surface area (Å²) in [5.41, 5.74) is 7.13. The molecular weight excluding hydrogens is 252 g/mol. The molecule has 20 heavy (non-hydrogen) atoms. The predicted molar refractivity (Wildman–Crippen MR) is 79.6 cm³/mol. The number of nitrogens with two attached hydrogens (primary N) is 1. The van der Waals surface area contributed by atoms with Crippen LogP contribution in [0.5, 0.6) is 5.75 Å². The van der Waals surface area contributed by atoms with E-state index in [2.05, 4.69) is 6.92 Å². The van der Waals surface area contributed by atoms with Gasteiger partial charge in [-0.1, -0.05) is 19.1 Å². The Balaban J connectivity index is 1.75. The number of likely N-dealkylation sites (tertiary alicyclic amines) is 1. The van der Waals surface area contributed by atoms with Gasteiger partial charge in [0.2, 0.25) is 5.91 Å². The molecule has 1 saturated heterocycles. The first-order valence-electron chi connectivity index (χ1n) is 7.29. The maximum absolute atomic E-state index is 12.1. The molecular formula is C16H24N2O2. The van der Waals surface area contributed by atoms with E-state index in [0.717, 1.165) is 30.8 Å². The minimum absolute atomic E-state index is 0.163. The minimum Gasteiger partial charge on any atom is -0.493 e. The van der Waals surface area contributed by atoms with Crippen LogP contribution in [0.4, 0.5) is 0 Å². The Bertz CT molecular complexity index is 462. The lowest BCUT2D eigenvalue weighted by Gasteiger charge is -2.35. The van der Waals surface area contributed by atoms with Crippen LogP contribution in [-0.4, -0.2) is 36.5 Å². The van der Waals surface area contributed by atoms with E-state index >= 15 is 0 Å². The SMILES string of the molecule is Cc1cccc(OCCC(=O)N2CCC(N)C(C)C2)c1. The van der Waals surface area contributed by atoms with Crippen LogP contribution in [-0.2, 0) is 4.79 Å². The van der Waals surface area contributed by atoms with Gasteiger partial charge >= 0.3 is 0 Å². The Morgan fingerprint density at radius 3 is 3.00 bits per heavy atom. The molecule has 4 nitrogen and oxygen atoms in total. The number of carbonyl (C=O) groups excluding carboxylic acids is 1. The van der Waals surface area contributed by atoms with Crippen molar-refractivity contribution in [2.24, 2.45) is 11.7 Å². The number of piperidine rings is 1. The first kappa shape index (κ1) is 14.9. The Morgan fingerprint density at radius 2 is 2.30 bits per heavy atom. The Morgan fingerprint density at radius 1 is 1.50 bits per heavy atom. The standard InChI is InChI=1S/C16H24N2O2/c1-12-4-3-5-14(10-12)20-9-7-16(19)18-8-6-15(17)13(2)11-18/h3-5,10,13,15H,6-9,11,17H2,1-2H3. The second kappa shape index (κ2) is 6.75. The summed E-state index contributed by atoms with van der Waals surface area (Å²) in [7, 11) is 0. The molecule has 0 spiro atoms. The highest BCUT2D eigenvalue weighted by molar-refractivity contribution is 5.76. The van der Waals surface area contributed by atoms with E-state index in [0.29, 0.717) is 18.9 Å². The smallest absolute Gasteiger partial charge is 0.226 e. The van der Waals surface area contributed by atoms with Crippen molar-refractivity contribution in [3.8, 4) is 5.75 Å². The number of ether oxygens (including phenoxy) is 1. The summed E-state index contributed by atoms with van der Waals surface area (Å²) in [4.78, 5) is 14.0. The van der Waals surface area contributed by atoms with Crippen molar-refractivity contribution in [2.75, 3.05) is 19.7 Å². The zero-order valence-electron chi connectivity index (χ0n) is 12.3. The van der Waals surface area contributed by atoms with E-state index < -0.39 is 0 Å². The van der Waals surface area contributed by atoms with Crippen LogP contribution in [0.25, 0.3) is 0 Å². The highest BCUT2D eigenvalue weighted by Crippen LogP contribution is 2.16. The first-order chi connectivity index (χ1) is 9.56. The Kier molecular flexibility index (Phi) is 5.01. The molecule has 1 aromatic carbocycles. The molecule has 2 unspecified atom stereocenters. The van der Waals surface area contributed by atoms with Crippen molar-refractivity contribution >= 4 is 5.91 Å². The van der Waals surface area contributed by atoms with Crippen LogP contribution in [0.3, 0.4) is 0 Å². The van der Waals surface area contributed by atoms with Gasteiger partial charge in [-0.05, 0) is 37.0 Å². The lowest BCUT2D eigenvalue weighted by Crippen LogP contribution is -2.48. The number of hydrogen-bond acceptors (Lipinski definition) is 3. The van der Waals surface area contributed by atoms with E-state index in [1.165, 1.54) is 0 Å². The second-order valence-corrected chi connectivity index (χ2v) is 5.68. The van der Waals surface area contributed by atoms with Gasteiger partial charge in [-0.25, -0.2) is 0 Å². The van der Waals surface area contributed by atoms with E-state index in [-0.39, 0.29) is 11.9 Å². The third-order valence-electron chi connectivity index (χ3n) is 3.90. The van der Waals surface area contributed by atoms with Gasteiger partial charge in [-0.15, -0.1) is 0 Å². The fraction of sp³-hybridized carbons (Fsp3) is 0.562. The van der Waals surface area contributed by atoms with Crippen molar-refractivity contribution in [1.29, 1.82) is 0 Å². The van der Waals surface area contributed by atoms with Gasteiger partial charge in [0, 0.05) is 19.1 Å². The van der Waals surface area contributed by atoms with E-state index in [1.54, 1.807) is 0 Å². The van der Waals surface area contributed by atoms with Gasteiger partial charge < -0.3 is 15.4 Å². The molecule has 1 aromatic rings. The van der Waals surface area contributed by atoms with Crippen LogP contribution < -0.4 is 10.5 Å². The molecule has 2 N–H and O–H groups in total. The molecule has 0 aromatic heterocycles. The van der Waals surface area contributed by atoms with Crippen LogP contribution in [0, 0.1) is 12.8 Å². The molecule has 1 fully saturated rings. The quantitative estimate of drug-likeness (QED) is 0.914. The van der Waals surface area contributed by atoms with Crippen molar-refractivity contribution in [3.05, 3.63) is 29.8 Å². The number of benzene rings is 1. The maximum Gasteiger partial charge on any atom is 0.226 e. The summed E-state index contributed by atoms with van der Waals surface area (Å²) in [5.74, 6) is 1.37. The van der Waals surface area contributed by atoms with Crippen molar-refractivity contribution in [3.63, 3.8) is 0 Å².